The number of hydrogen-bond donors (Lipinski definition) is 2. The Labute approximate surface area is 175 Å². The van der Waals surface area contributed by atoms with Crippen LogP contribution in [-0.2, 0) is 17.9 Å². The molecule has 0 saturated heterocycles. The van der Waals surface area contributed by atoms with Gasteiger partial charge in [-0.2, -0.15) is 0 Å². The van der Waals surface area contributed by atoms with Crippen molar-refractivity contribution in [1.29, 1.82) is 0 Å². The summed E-state index contributed by atoms with van der Waals surface area (Å²) in [5.74, 6) is 0.546. The molecule has 0 aliphatic rings. The maximum Gasteiger partial charge on any atom is 0.320 e. The number of carboxylic acids is 1. The van der Waals surface area contributed by atoms with Gasteiger partial charge in [-0.3, -0.25) is 4.79 Å². The highest BCUT2D eigenvalue weighted by molar-refractivity contribution is 6.35. The van der Waals surface area contributed by atoms with Crippen LogP contribution < -0.4 is 14.8 Å². The molecule has 0 spiro atoms. The topological polar surface area (TPSA) is 67.8 Å². The summed E-state index contributed by atoms with van der Waals surface area (Å²) in [6.45, 7) is 4.62. The molecular formula is C21H25Cl2NO4. The Kier molecular flexibility index (Phi) is 8.42. The van der Waals surface area contributed by atoms with E-state index in [4.69, 9.17) is 32.7 Å². The minimum Gasteiger partial charge on any atom is -0.493 e. The monoisotopic (exact) mass is 425 g/mol. The molecule has 0 radical (unpaired) electrons. The summed E-state index contributed by atoms with van der Waals surface area (Å²) in [7, 11) is 1.56. The van der Waals surface area contributed by atoms with Crippen LogP contribution in [0.1, 0.15) is 31.4 Å². The number of nitrogens with one attached hydrogen (secondary N) is 1. The first-order valence-electron chi connectivity index (χ1n) is 9.00. The molecule has 0 saturated carbocycles. The molecule has 2 N–H and O–H groups in total. The molecule has 2 rings (SSSR count). The molecule has 152 valence electrons. The second-order valence-electron chi connectivity index (χ2n) is 6.88. The van der Waals surface area contributed by atoms with Crippen LogP contribution in [0.4, 0.5) is 0 Å². The first-order chi connectivity index (χ1) is 13.3. The van der Waals surface area contributed by atoms with E-state index in [1.807, 2.05) is 26.0 Å². The van der Waals surface area contributed by atoms with E-state index in [0.717, 1.165) is 5.56 Å². The van der Waals surface area contributed by atoms with E-state index in [-0.39, 0.29) is 12.5 Å². The van der Waals surface area contributed by atoms with Gasteiger partial charge in [-0.25, -0.2) is 0 Å². The summed E-state index contributed by atoms with van der Waals surface area (Å²) < 4.78 is 11.3. The van der Waals surface area contributed by atoms with E-state index < -0.39 is 12.0 Å². The van der Waals surface area contributed by atoms with Gasteiger partial charge in [0.15, 0.2) is 11.5 Å². The molecular weight excluding hydrogens is 401 g/mol. The number of methoxy groups -OCH3 is 1. The maximum atomic E-state index is 11.4. The first-order valence-corrected chi connectivity index (χ1v) is 9.76. The highest BCUT2D eigenvalue weighted by Crippen LogP contribution is 2.31. The van der Waals surface area contributed by atoms with Crippen molar-refractivity contribution < 1.29 is 19.4 Å². The van der Waals surface area contributed by atoms with Gasteiger partial charge in [0.2, 0.25) is 0 Å². The minimum atomic E-state index is -0.850. The average Bonchev–Trinajstić information content (AvgIpc) is 2.64. The average molecular weight is 426 g/mol. The van der Waals surface area contributed by atoms with Crippen LogP contribution in [0, 0.1) is 5.92 Å². The Bertz CT molecular complexity index is 791. The van der Waals surface area contributed by atoms with Crippen LogP contribution in [0.3, 0.4) is 0 Å². The summed E-state index contributed by atoms with van der Waals surface area (Å²) in [4.78, 5) is 11.4. The van der Waals surface area contributed by atoms with Crippen molar-refractivity contribution in [1.82, 2.24) is 5.32 Å². The van der Waals surface area contributed by atoms with Crippen LogP contribution in [0.5, 0.6) is 11.5 Å². The Morgan fingerprint density at radius 1 is 1.14 bits per heavy atom. The Morgan fingerprint density at radius 3 is 2.39 bits per heavy atom. The third kappa shape index (κ3) is 6.30. The minimum absolute atomic E-state index is 0.210. The summed E-state index contributed by atoms with van der Waals surface area (Å²) in [5.41, 5.74) is 1.60. The zero-order chi connectivity index (χ0) is 20.7. The predicted octanol–water partition coefficient (Wildman–Crippen LogP) is 5.17. The lowest BCUT2D eigenvalue weighted by Gasteiger charge is -2.17. The zero-order valence-electron chi connectivity index (χ0n) is 16.2. The van der Waals surface area contributed by atoms with Crippen molar-refractivity contribution in [3.63, 3.8) is 0 Å². The molecule has 1 atom stereocenters. The quantitative estimate of drug-likeness (QED) is 0.549. The first kappa shape index (κ1) is 22.3. The van der Waals surface area contributed by atoms with Crippen LogP contribution >= 0.6 is 23.2 Å². The smallest absolute Gasteiger partial charge is 0.320 e. The summed E-state index contributed by atoms with van der Waals surface area (Å²) >= 11 is 12.4. The molecule has 0 amide bonds. The fraction of sp³-hybridized carbons (Fsp3) is 0.381. The normalized spacial score (nSPS) is 12.1. The summed E-state index contributed by atoms with van der Waals surface area (Å²) in [5, 5.41) is 13.5. The van der Waals surface area contributed by atoms with Crippen LogP contribution in [0.15, 0.2) is 36.4 Å². The number of ether oxygens (including phenoxy) is 2. The standard InChI is InChI=1S/C21H25Cl2NO4/c1-13(2)9-18(21(25)26)24-11-14-7-8-19(20(10-14)27-3)28-12-15-16(22)5-4-6-17(15)23/h4-8,10,13,18,24H,9,11-12H2,1-3H3,(H,25,26). The third-order valence-corrected chi connectivity index (χ3v) is 4.93. The van der Waals surface area contributed by atoms with Gasteiger partial charge in [0.1, 0.15) is 12.6 Å². The molecule has 28 heavy (non-hydrogen) atoms. The largest absolute Gasteiger partial charge is 0.493 e. The molecule has 0 aliphatic heterocycles. The molecule has 0 aliphatic carbocycles. The molecule has 0 bridgehead atoms. The number of halogens is 2. The Morgan fingerprint density at radius 2 is 1.82 bits per heavy atom. The molecule has 1 unspecified atom stereocenters. The van der Waals surface area contributed by atoms with Crippen molar-refractivity contribution in [2.45, 2.75) is 39.5 Å². The van der Waals surface area contributed by atoms with E-state index in [1.54, 1.807) is 31.4 Å². The molecule has 0 fully saturated rings. The number of rotatable bonds is 10. The molecule has 5 nitrogen and oxygen atoms in total. The number of carbonyl (C=O) groups is 1. The van der Waals surface area contributed by atoms with Crippen molar-refractivity contribution in [2.24, 2.45) is 5.92 Å². The van der Waals surface area contributed by atoms with Gasteiger partial charge < -0.3 is 19.9 Å². The summed E-state index contributed by atoms with van der Waals surface area (Å²) in [6.07, 6.45) is 0.562. The Hall–Kier alpha value is -1.95. The number of carboxylic acid groups (broad SMARTS) is 1. The third-order valence-electron chi connectivity index (χ3n) is 4.22. The lowest BCUT2D eigenvalue weighted by atomic mass is 10.0. The molecule has 2 aromatic carbocycles. The second kappa shape index (κ2) is 10.6. The molecule has 2 aromatic rings. The number of benzene rings is 2. The summed E-state index contributed by atoms with van der Waals surface area (Å²) in [6, 6.07) is 10.2. The van der Waals surface area contributed by atoms with Crippen molar-refractivity contribution >= 4 is 29.2 Å². The van der Waals surface area contributed by atoms with Gasteiger partial charge in [-0.05, 0) is 42.2 Å². The van der Waals surface area contributed by atoms with Gasteiger partial charge in [-0.15, -0.1) is 0 Å². The van der Waals surface area contributed by atoms with Gasteiger partial charge in [-0.1, -0.05) is 49.2 Å². The van der Waals surface area contributed by atoms with Crippen LogP contribution in [-0.4, -0.2) is 24.2 Å². The fourth-order valence-corrected chi connectivity index (χ4v) is 3.25. The zero-order valence-corrected chi connectivity index (χ0v) is 17.7. The fourth-order valence-electron chi connectivity index (χ4n) is 2.75. The lowest BCUT2D eigenvalue weighted by Crippen LogP contribution is -2.37. The van der Waals surface area contributed by atoms with E-state index in [9.17, 15) is 9.90 Å². The van der Waals surface area contributed by atoms with E-state index in [1.165, 1.54) is 0 Å². The van der Waals surface area contributed by atoms with E-state index >= 15 is 0 Å². The van der Waals surface area contributed by atoms with Crippen LogP contribution in [0.25, 0.3) is 0 Å². The maximum absolute atomic E-state index is 11.4. The predicted molar refractivity (Wildman–Crippen MR) is 112 cm³/mol. The van der Waals surface area contributed by atoms with Gasteiger partial charge in [0.05, 0.1) is 7.11 Å². The lowest BCUT2D eigenvalue weighted by molar-refractivity contribution is -0.140. The highest BCUT2D eigenvalue weighted by atomic mass is 35.5. The number of aliphatic carboxylic acids is 1. The van der Waals surface area contributed by atoms with Crippen LogP contribution in [0.2, 0.25) is 10.0 Å². The van der Waals surface area contributed by atoms with E-state index in [2.05, 4.69) is 5.32 Å². The second-order valence-corrected chi connectivity index (χ2v) is 7.69. The molecule has 0 heterocycles. The van der Waals surface area contributed by atoms with Crippen molar-refractivity contribution in [3.05, 3.63) is 57.6 Å². The van der Waals surface area contributed by atoms with E-state index in [0.29, 0.717) is 40.1 Å². The number of hydrogen-bond acceptors (Lipinski definition) is 4. The van der Waals surface area contributed by atoms with Crippen molar-refractivity contribution in [3.8, 4) is 11.5 Å². The SMILES string of the molecule is COc1cc(CNC(CC(C)C)C(=O)O)ccc1OCc1c(Cl)cccc1Cl. The van der Waals surface area contributed by atoms with Gasteiger partial charge >= 0.3 is 5.97 Å². The Balaban J connectivity index is 2.06. The molecule has 7 heteroatoms. The highest BCUT2D eigenvalue weighted by Gasteiger charge is 2.18. The van der Waals surface area contributed by atoms with Crippen molar-refractivity contribution in [2.75, 3.05) is 7.11 Å². The molecule has 0 aromatic heterocycles. The van der Waals surface area contributed by atoms with Gasteiger partial charge in [0, 0.05) is 22.2 Å². The van der Waals surface area contributed by atoms with Gasteiger partial charge in [0.25, 0.3) is 0 Å².